The van der Waals surface area contributed by atoms with Gasteiger partial charge in [0.15, 0.2) is 0 Å². The number of benzene rings is 1. The van der Waals surface area contributed by atoms with E-state index in [1.165, 1.54) is 0 Å². The van der Waals surface area contributed by atoms with Gasteiger partial charge in [-0.05, 0) is 18.2 Å². The standard InChI is InChI=1S/C14H11ClF3N3O3/c15-11-2-1-9(5-10(11)14(16,17)18)21-13(24)8(6-19)7-20-4-3-12(22)23/h1-2,5,7,20H,3-4H2,(H,21,24)(H,22,23)/b8-7-. The summed E-state index contributed by atoms with van der Waals surface area (Å²) in [5.74, 6) is -2.02. The first kappa shape index (κ1) is 19.3. The largest absolute Gasteiger partial charge is 0.481 e. The number of nitrogens with one attached hydrogen (secondary N) is 2. The third-order valence-electron chi connectivity index (χ3n) is 2.62. The zero-order chi connectivity index (χ0) is 18.3. The van der Waals surface area contributed by atoms with E-state index in [-0.39, 0.29) is 18.7 Å². The Morgan fingerprint density at radius 1 is 1.38 bits per heavy atom. The van der Waals surface area contributed by atoms with Crippen molar-refractivity contribution in [1.29, 1.82) is 5.26 Å². The molecule has 1 aromatic carbocycles. The van der Waals surface area contributed by atoms with Gasteiger partial charge in [-0.1, -0.05) is 11.6 Å². The van der Waals surface area contributed by atoms with Gasteiger partial charge in [0.25, 0.3) is 5.91 Å². The molecule has 0 heterocycles. The molecule has 0 unspecified atom stereocenters. The van der Waals surface area contributed by atoms with E-state index in [9.17, 15) is 22.8 Å². The van der Waals surface area contributed by atoms with E-state index in [2.05, 4.69) is 10.6 Å². The third-order valence-corrected chi connectivity index (χ3v) is 2.95. The molecule has 0 aromatic heterocycles. The number of rotatable bonds is 6. The van der Waals surface area contributed by atoms with Crippen LogP contribution in [0.25, 0.3) is 0 Å². The van der Waals surface area contributed by atoms with E-state index in [0.717, 1.165) is 18.3 Å². The molecule has 128 valence electrons. The Bertz CT molecular complexity index is 711. The summed E-state index contributed by atoms with van der Waals surface area (Å²) in [6, 6.07) is 4.33. The van der Waals surface area contributed by atoms with Crippen molar-refractivity contribution in [3.8, 4) is 6.07 Å². The molecule has 1 amide bonds. The number of carboxylic acid groups (broad SMARTS) is 1. The first-order valence-electron chi connectivity index (χ1n) is 6.38. The second-order valence-corrected chi connectivity index (χ2v) is 4.82. The summed E-state index contributed by atoms with van der Waals surface area (Å²) in [4.78, 5) is 22.2. The SMILES string of the molecule is N#C/C(=C/NCCC(=O)O)C(=O)Nc1ccc(Cl)c(C(F)(F)F)c1. The maximum absolute atomic E-state index is 12.7. The van der Waals surface area contributed by atoms with E-state index in [1.54, 1.807) is 6.07 Å². The van der Waals surface area contributed by atoms with Gasteiger partial charge in [0, 0.05) is 18.4 Å². The zero-order valence-corrected chi connectivity index (χ0v) is 12.7. The molecular formula is C14H11ClF3N3O3. The lowest BCUT2D eigenvalue weighted by Crippen LogP contribution is -2.18. The van der Waals surface area contributed by atoms with Crippen LogP contribution in [0.1, 0.15) is 12.0 Å². The number of nitrogens with zero attached hydrogens (tertiary/aromatic N) is 1. The minimum atomic E-state index is -4.69. The monoisotopic (exact) mass is 361 g/mol. The van der Waals surface area contributed by atoms with Crippen molar-refractivity contribution in [2.45, 2.75) is 12.6 Å². The first-order valence-corrected chi connectivity index (χ1v) is 6.76. The molecule has 24 heavy (non-hydrogen) atoms. The second-order valence-electron chi connectivity index (χ2n) is 4.41. The highest BCUT2D eigenvalue weighted by Crippen LogP contribution is 2.36. The van der Waals surface area contributed by atoms with Crippen LogP contribution in [0.15, 0.2) is 30.0 Å². The van der Waals surface area contributed by atoms with Gasteiger partial charge < -0.3 is 15.7 Å². The van der Waals surface area contributed by atoms with Crippen molar-refractivity contribution < 1.29 is 27.9 Å². The molecule has 10 heteroatoms. The highest BCUT2D eigenvalue weighted by molar-refractivity contribution is 6.31. The van der Waals surface area contributed by atoms with Gasteiger partial charge in [-0.25, -0.2) is 0 Å². The van der Waals surface area contributed by atoms with Crippen LogP contribution < -0.4 is 10.6 Å². The van der Waals surface area contributed by atoms with Crippen LogP contribution in [0.4, 0.5) is 18.9 Å². The summed E-state index contributed by atoms with van der Waals surface area (Å²) in [5.41, 5.74) is -1.74. The molecule has 1 rings (SSSR count). The number of nitriles is 1. The molecule has 0 atom stereocenters. The predicted octanol–water partition coefficient (Wildman–Crippen LogP) is 2.77. The smallest absolute Gasteiger partial charge is 0.417 e. The molecule has 0 aliphatic heterocycles. The number of alkyl halides is 3. The Labute approximate surface area is 139 Å². The van der Waals surface area contributed by atoms with Crippen LogP contribution in [-0.2, 0) is 15.8 Å². The van der Waals surface area contributed by atoms with Crippen molar-refractivity contribution >= 4 is 29.2 Å². The van der Waals surface area contributed by atoms with Crippen molar-refractivity contribution in [3.05, 3.63) is 40.6 Å². The van der Waals surface area contributed by atoms with Crippen molar-refractivity contribution in [2.75, 3.05) is 11.9 Å². The van der Waals surface area contributed by atoms with E-state index >= 15 is 0 Å². The van der Waals surface area contributed by atoms with Gasteiger partial charge in [-0.2, -0.15) is 18.4 Å². The van der Waals surface area contributed by atoms with Crippen LogP contribution in [-0.4, -0.2) is 23.5 Å². The normalized spacial score (nSPS) is 11.5. The maximum atomic E-state index is 12.7. The Kier molecular flexibility index (Phi) is 6.61. The van der Waals surface area contributed by atoms with Gasteiger partial charge in [0.2, 0.25) is 0 Å². The van der Waals surface area contributed by atoms with E-state index in [1.807, 2.05) is 0 Å². The first-order chi connectivity index (χ1) is 11.1. The van der Waals surface area contributed by atoms with Gasteiger partial charge in [-0.15, -0.1) is 0 Å². The summed E-state index contributed by atoms with van der Waals surface area (Å²) in [5, 5.41) is 21.4. The number of hydrogen-bond donors (Lipinski definition) is 3. The molecule has 3 N–H and O–H groups in total. The molecule has 0 spiro atoms. The van der Waals surface area contributed by atoms with Crippen LogP contribution >= 0.6 is 11.6 Å². The average molecular weight is 362 g/mol. The van der Waals surface area contributed by atoms with E-state index in [0.29, 0.717) is 6.07 Å². The third kappa shape index (κ3) is 5.81. The topological polar surface area (TPSA) is 102 Å². The summed E-state index contributed by atoms with van der Waals surface area (Å²) < 4.78 is 38.2. The minimum absolute atomic E-state index is 0.0209. The molecule has 0 radical (unpaired) electrons. The lowest BCUT2D eigenvalue weighted by molar-refractivity contribution is -0.138. The molecule has 0 saturated heterocycles. The molecule has 0 bridgehead atoms. The lowest BCUT2D eigenvalue weighted by atomic mass is 10.2. The number of amides is 1. The maximum Gasteiger partial charge on any atom is 0.417 e. The number of carbonyl (C=O) groups is 2. The summed E-state index contributed by atoms with van der Waals surface area (Å²) in [7, 11) is 0. The fourth-order valence-electron chi connectivity index (χ4n) is 1.52. The summed E-state index contributed by atoms with van der Waals surface area (Å²) in [6.07, 6.45) is -3.94. The van der Waals surface area contributed by atoms with Gasteiger partial charge in [0.1, 0.15) is 11.6 Å². The van der Waals surface area contributed by atoms with Gasteiger partial charge in [0.05, 0.1) is 17.0 Å². The van der Waals surface area contributed by atoms with E-state index < -0.39 is 34.2 Å². The fourth-order valence-corrected chi connectivity index (χ4v) is 1.75. The van der Waals surface area contributed by atoms with Crippen LogP contribution in [0.5, 0.6) is 0 Å². The highest BCUT2D eigenvalue weighted by Gasteiger charge is 2.33. The number of carboxylic acids is 1. The predicted molar refractivity (Wildman–Crippen MR) is 79.0 cm³/mol. The number of aliphatic carboxylic acids is 1. The van der Waals surface area contributed by atoms with Crippen LogP contribution in [0.2, 0.25) is 5.02 Å². The van der Waals surface area contributed by atoms with Crippen LogP contribution in [0, 0.1) is 11.3 Å². The molecular weight excluding hydrogens is 351 g/mol. The average Bonchev–Trinajstić information content (AvgIpc) is 2.47. The quantitative estimate of drug-likeness (QED) is 0.411. The van der Waals surface area contributed by atoms with Crippen molar-refractivity contribution in [3.63, 3.8) is 0 Å². The Balaban J connectivity index is 2.84. The Morgan fingerprint density at radius 2 is 2.04 bits per heavy atom. The van der Waals surface area contributed by atoms with Gasteiger partial charge >= 0.3 is 12.1 Å². The fraction of sp³-hybridized carbons (Fsp3) is 0.214. The zero-order valence-electron chi connectivity index (χ0n) is 11.9. The molecule has 1 aromatic rings. The molecule has 0 aliphatic rings. The molecule has 0 fully saturated rings. The Hall–Kier alpha value is -2.73. The Morgan fingerprint density at radius 3 is 2.58 bits per heavy atom. The number of anilines is 1. The van der Waals surface area contributed by atoms with Crippen molar-refractivity contribution in [2.24, 2.45) is 0 Å². The summed E-state index contributed by atoms with van der Waals surface area (Å²) in [6.45, 7) is -0.0209. The minimum Gasteiger partial charge on any atom is -0.481 e. The van der Waals surface area contributed by atoms with Crippen LogP contribution in [0.3, 0.4) is 0 Å². The van der Waals surface area contributed by atoms with E-state index in [4.69, 9.17) is 22.0 Å². The molecule has 6 nitrogen and oxygen atoms in total. The summed E-state index contributed by atoms with van der Waals surface area (Å²) >= 11 is 5.46. The second kappa shape index (κ2) is 8.21. The van der Waals surface area contributed by atoms with Crippen molar-refractivity contribution in [1.82, 2.24) is 5.32 Å². The highest BCUT2D eigenvalue weighted by atomic mass is 35.5. The number of hydrogen-bond acceptors (Lipinski definition) is 4. The molecule has 0 aliphatic carbocycles. The molecule has 0 saturated carbocycles. The number of halogens is 4. The van der Waals surface area contributed by atoms with Gasteiger partial charge in [-0.3, -0.25) is 9.59 Å². The lowest BCUT2D eigenvalue weighted by Gasteiger charge is -2.11. The number of carbonyl (C=O) groups excluding carboxylic acids is 1.